The van der Waals surface area contributed by atoms with Gasteiger partial charge >= 0.3 is 0 Å². The van der Waals surface area contributed by atoms with Crippen LogP contribution in [0, 0.1) is 0 Å². The average Bonchev–Trinajstić information content (AvgIpc) is 1.54. The summed E-state index contributed by atoms with van der Waals surface area (Å²) in [7, 11) is 0. The third-order valence-corrected chi connectivity index (χ3v) is 30.6. The first-order chi connectivity index (χ1) is 67.4. The minimum atomic E-state index is -0.0646. The predicted molar refractivity (Wildman–Crippen MR) is 574 cm³/mol. The number of hydrogen-bond acceptors (Lipinski definition) is 8. The summed E-state index contributed by atoms with van der Waals surface area (Å²) in [5.74, 6) is 2.06. The largest absolute Gasteiger partial charge is 0.309 e. The molecule has 646 valence electrons. The average molecular weight is 1790 g/mol. The molecule has 26 aromatic rings. The fourth-order valence-corrected chi connectivity index (χ4v) is 24.0. The molecule has 2 aliphatic rings. The lowest BCUT2D eigenvalue weighted by molar-refractivity contribution is 0.661. The molecule has 0 saturated heterocycles. The van der Waals surface area contributed by atoms with E-state index in [1.165, 1.54) is 156 Å². The molecule has 8 heterocycles. The molecule has 18 aromatic carbocycles. The summed E-state index contributed by atoms with van der Waals surface area (Å²) in [5.41, 5.74) is 34.6. The lowest BCUT2D eigenvalue weighted by Gasteiger charge is -2.21. The van der Waals surface area contributed by atoms with E-state index in [-0.39, 0.29) is 10.8 Å². The van der Waals surface area contributed by atoms with Crippen LogP contribution in [0.3, 0.4) is 0 Å². The van der Waals surface area contributed by atoms with Gasteiger partial charge in [-0.05, 0) is 193 Å². The Labute approximate surface area is 799 Å². The highest BCUT2D eigenvalue weighted by Crippen LogP contribution is 2.54. The van der Waals surface area contributed by atoms with Crippen LogP contribution >= 0.6 is 22.7 Å². The van der Waals surface area contributed by atoms with E-state index in [0.717, 1.165) is 83.9 Å². The van der Waals surface area contributed by atoms with Gasteiger partial charge in [0.15, 0.2) is 5.82 Å². The Morgan fingerprint density at radius 1 is 0.212 bits per heavy atom. The van der Waals surface area contributed by atoms with Crippen molar-refractivity contribution in [1.82, 2.24) is 43.6 Å². The van der Waals surface area contributed by atoms with E-state index in [0.29, 0.717) is 17.7 Å². The van der Waals surface area contributed by atoms with Crippen LogP contribution in [0.5, 0.6) is 0 Å². The predicted octanol–water partition coefficient (Wildman–Crippen LogP) is 33.4. The highest BCUT2D eigenvalue weighted by Gasteiger charge is 2.38. The molecule has 0 unspecified atom stereocenters. The first kappa shape index (κ1) is 80.9. The van der Waals surface area contributed by atoms with Gasteiger partial charge in [-0.25, -0.2) is 29.9 Å². The molecule has 0 spiro atoms. The second-order valence-electron chi connectivity index (χ2n) is 36.8. The van der Waals surface area contributed by atoms with Gasteiger partial charge in [0.05, 0.1) is 55.9 Å². The van der Waals surface area contributed by atoms with Crippen molar-refractivity contribution in [1.29, 1.82) is 0 Å². The Hall–Kier alpha value is -17.0. The molecule has 8 aromatic heterocycles. The van der Waals surface area contributed by atoms with Crippen molar-refractivity contribution in [2.45, 2.75) is 38.5 Å². The van der Waals surface area contributed by atoms with Crippen LogP contribution in [0.4, 0.5) is 0 Å². The van der Waals surface area contributed by atoms with Crippen molar-refractivity contribution in [3.8, 4) is 130 Å². The van der Waals surface area contributed by atoms with Crippen molar-refractivity contribution in [2.24, 2.45) is 0 Å². The summed E-state index contributed by atoms with van der Waals surface area (Å²) in [5, 5.41) is 12.7. The van der Waals surface area contributed by atoms with Crippen LogP contribution in [-0.2, 0) is 10.8 Å². The maximum absolute atomic E-state index is 5.24. The molecule has 11 heteroatoms. The van der Waals surface area contributed by atoms with Crippen LogP contribution < -0.4 is 0 Å². The molecule has 0 bridgehead atoms. The Balaban J connectivity index is 0.000000106. The summed E-state index contributed by atoms with van der Waals surface area (Å²) in [6.45, 7) is 9.34. The van der Waals surface area contributed by atoms with Gasteiger partial charge in [0.25, 0.3) is 0 Å². The fraction of sp³-hybridized carbons (Fsp3) is 0.0476. The minimum Gasteiger partial charge on any atom is -0.309 e. The van der Waals surface area contributed by atoms with Gasteiger partial charge in [-0.1, -0.05) is 343 Å². The number of nitrogens with zero attached hydrogens (tertiary/aromatic N) is 9. The molecule has 0 saturated carbocycles. The number of aromatic nitrogens is 9. The van der Waals surface area contributed by atoms with Gasteiger partial charge in [-0.15, -0.1) is 22.7 Å². The molecule has 0 amide bonds. The molecule has 9 nitrogen and oxygen atoms in total. The first-order valence-electron chi connectivity index (χ1n) is 46.7. The molecule has 2 aliphatic carbocycles. The zero-order chi connectivity index (χ0) is 91.1. The molecule has 0 radical (unpaired) electrons. The molecular formula is C126H85N9S2. The van der Waals surface area contributed by atoms with Crippen molar-refractivity contribution in [3.63, 3.8) is 0 Å². The van der Waals surface area contributed by atoms with Crippen molar-refractivity contribution in [2.75, 3.05) is 0 Å². The summed E-state index contributed by atoms with van der Waals surface area (Å²) in [4.78, 5) is 30.2. The third-order valence-electron chi connectivity index (χ3n) is 28.2. The maximum atomic E-state index is 5.24. The zero-order valence-electron chi connectivity index (χ0n) is 75.5. The van der Waals surface area contributed by atoms with E-state index in [1.807, 2.05) is 83.6 Å². The fourth-order valence-electron chi connectivity index (χ4n) is 21.5. The first-order valence-corrected chi connectivity index (χ1v) is 48.3. The highest BCUT2D eigenvalue weighted by atomic mass is 32.1. The molecule has 28 rings (SSSR count). The molecular weight excluding hydrogens is 1700 g/mol. The van der Waals surface area contributed by atoms with E-state index in [4.69, 9.17) is 29.9 Å². The second kappa shape index (κ2) is 32.5. The molecule has 0 aliphatic heterocycles. The Kier molecular flexibility index (Phi) is 19.2. The lowest BCUT2D eigenvalue weighted by atomic mass is 9.82. The van der Waals surface area contributed by atoms with Crippen molar-refractivity contribution < 1.29 is 0 Å². The number of benzene rings is 18. The van der Waals surface area contributed by atoms with Crippen LogP contribution in [0.1, 0.15) is 49.9 Å². The number of rotatable bonds is 11. The third kappa shape index (κ3) is 13.5. The van der Waals surface area contributed by atoms with Crippen molar-refractivity contribution in [3.05, 3.63) is 465 Å². The van der Waals surface area contributed by atoms with Crippen LogP contribution in [0.25, 0.3) is 235 Å². The Morgan fingerprint density at radius 3 is 1.15 bits per heavy atom. The summed E-state index contributed by atoms with van der Waals surface area (Å²) in [6, 6.07) is 154. The second-order valence-corrected chi connectivity index (χ2v) is 38.9. The quantitative estimate of drug-likeness (QED) is 0.128. The van der Waals surface area contributed by atoms with E-state index in [2.05, 4.69) is 424 Å². The van der Waals surface area contributed by atoms with E-state index in [9.17, 15) is 0 Å². The molecule has 0 N–H and O–H groups in total. The van der Waals surface area contributed by atoms with E-state index >= 15 is 0 Å². The van der Waals surface area contributed by atoms with Crippen LogP contribution in [0.2, 0.25) is 0 Å². The van der Waals surface area contributed by atoms with Gasteiger partial charge in [0.2, 0.25) is 11.9 Å². The number of thiophene rings is 2. The summed E-state index contributed by atoms with van der Waals surface area (Å²) >= 11 is 3.75. The number of hydrogen-bond donors (Lipinski definition) is 0. The smallest absolute Gasteiger partial charge is 0.235 e. The summed E-state index contributed by atoms with van der Waals surface area (Å²) < 4.78 is 12.2. The van der Waals surface area contributed by atoms with Gasteiger partial charge < -0.3 is 4.57 Å². The maximum Gasteiger partial charge on any atom is 0.235 e. The minimum absolute atomic E-state index is 0.0629. The van der Waals surface area contributed by atoms with E-state index < -0.39 is 0 Å². The number of fused-ring (bicyclic) bond motifs is 22. The van der Waals surface area contributed by atoms with E-state index in [1.54, 1.807) is 0 Å². The van der Waals surface area contributed by atoms with Gasteiger partial charge in [-0.3, -0.25) is 9.13 Å². The van der Waals surface area contributed by atoms with Gasteiger partial charge in [0, 0.05) is 129 Å². The zero-order valence-corrected chi connectivity index (χ0v) is 77.1. The summed E-state index contributed by atoms with van der Waals surface area (Å²) in [6.07, 6.45) is 3.77. The number of para-hydroxylation sites is 3. The van der Waals surface area contributed by atoms with Gasteiger partial charge in [-0.2, -0.15) is 0 Å². The molecule has 0 fully saturated rings. The Morgan fingerprint density at radius 2 is 0.606 bits per heavy atom. The topological polar surface area (TPSA) is 92.1 Å². The monoisotopic (exact) mass is 1790 g/mol. The molecule has 137 heavy (non-hydrogen) atoms. The van der Waals surface area contributed by atoms with Crippen LogP contribution in [0.15, 0.2) is 443 Å². The van der Waals surface area contributed by atoms with Crippen LogP contribution in [-0.4, -0.2) is 43.6 Å². The molecule has 0 atom stereocenters. The SMILES string of the molecule is CC1(C)c2ccccc2-c2cc3c(cc21)c1ccccc1n3-c1nccc(-c2cccc(-c3ccc(-c4ccccc4)cc3)c2)n1.CC1(C)c2ccccc2-c2cc3c(cc21)c1ccccc1n3-c1nccc(-c2cccc(-c3cccc4c3sc3ccccc34)c2)n1.c1ccc(-c2cc(-c3ccccc3)nc(-c3ccc(-n4c5ccccc5c5c6sc7ccccc7c6ccc54)cc3)n2)cc1. The standard InChI is InChI=1S/C43H29N3S.C43H31N3.C40H25N3S/c1-43(2)35-18-6-3-13-29(35)33-25-39-34(24-36(33)43)30-14-4-7-19-38(30)46(39)42-44-22-21-37(45-42)27-12-9-11-26(23-27)28-16-10-17-32-31-15-5-8-20-40(31)47-41(28)32;1-43(2)37-17-8-6-15-33(37)35-27-41-36(26-38(35)43)34-16-7-9-18-40(34)46(41)42-44-24-23-39(45-42)32-14-10-13-31(25-32)30-21-19-29(20-22-30)28-11-4-3-5-12-28;1-3-11-26(12-4-1)33-25-34(27-13-5-2-6-14-27)42-40(41-33)28-19-21-29(22-20-28)43-35-17-9-7-16-32(35)38-36(43)24-23-31-30-15-8-10-18-37(30)44-39(31)38/h3-25H,1-2H3;3-27H,1-2H3;1-25H. The van der Waals surface area contributed by atoms with Gasteiger partial charge in [0.1, 0.15) is 0 Å². The normalized spacial score (nSPS) is 12.8. The highest BCUT2D eigenvalue weighted by molar-refractivity contribution is 7.27. The lowest BCUT2D eigenvalue weighted by Crippen LogP contribution is -2.14. The Bertz CT molecular complexity index is 9290. The van der Waals surface area contributed by atoms with Crippen molar-refractivity contribution >= 4 is 128 Å².